The molecule has 1 rings (SSSR count). The average Bonchev–Trinajstić information content (AvgIpc) is 2.58. The molecule has 0 saturated heterocycles. The van der Waals surface area contributed by atoms with Gasteiger partial charge in [0.25, 0.3) is 0 Å². The van der Waals surface area contributed by atoms with E-state index < -0.39 is 0 Å². The van der Waals surface area contributed by atoms with Crippen LogP contribution in [0.25, 0.3) is 0 Å². The molecule has 0 bridgehead atoms. The SMILES string of the molecule is CCCNC(=O)CCNC(=NC)NCC(C)Oc1ccc(Cl)cc1.I. The van der Waals surface area contributed by atoms with Crippen LogP contribution in [-0.4, -0.2) is 44.7 Å². The maximum Gasteiger partial charge on any atom is 0.221 e. The minimum absolute atomic E-state index is 0. The number of benzene rings is 1. The van der Waals surface area contributed by atoms with E-state index in [0.29, 0.717) is 37.0 Å². The predicted octanol–water partition coefficient (Wildman–Crippen LogP) is 2.81. The van der Waals surface area contributed by atoms with Gasteiger partial charge in [-0.2, -0.15) is 0 Å². The molecule has 0 aliphatic carbocycles. The molecule has 1 aromatic carbocycles. The molecular formula is C17H28ClIN4O2. The van der Waals surface area contributed by atoms with E-state index in [4.69, 9.17) is 16.3 Å². The van der Waals surface area contributed by atoms with Gasteiger partial charge in [-0.1, -0.05) is 18.5 Å². The Morgan fingerprint density at radius 1 is 1.20 bits per heavy atom. The van der Waals surface area contributed by atoms with Crippen LogP contribution in [0.1, 0.15) is 26.7 Å². The molecular weight excluding hydrogens is 455 g/mol. The lowest BCUT2D eigenvalue weighted by atomic mass is 10.3. The van der Waals surface area contributed by atoms with E-state index in [2.05, 4.69) is 20.9 Å². The Hall–Kier alpha value is -1.22. The Labute approximate surface area is 172 Å². The molecule has 0 fully saturated rings. The van der Waals surface area contributed by atoms with Gasteiger partial charge in [-0.15, -0.1) is 24.0 Å². The van der Waals surface area contributed by atoms with Gasteiger partial charge < -0.3 is 20.7 Å². The number of rotatable bonds is 9. The zero-order chi connectivity index (χ0) is 17.8. The summed E-state index contributed by atoms with van der Waals surface area (Å²) in [6.07, 6.45) is 1.31. The molecule has 1 unspecified atom stereocenters. The predicted molar refractivity (Wildman–Crippen MR) is 114 cm³/mol. The first-order valence-electron chi connectivity index (χ1n) is 8.18. The fraction of sp³-hybridized carbons (Fsp3) is 0.529. The Morgan fingerprint density at radius 2 is 1.88 bits per heavy atom. The Bertz CT molecular complexity index is 526. The number of aliphatic imine (C=N–C) groups is 1. The second-order valence-electron chi connectivity index (χ2n) is 5.36. The molecule has 8 heteroatoms. The Morgan fingerprint density at radius 3 is 2.48 bits per heavy atom. The normalized spacial score (nSPS) is 11.9. The molecule has 0 heterocycles. The number of guanidine groups is 1. The highest BCUT2D eigenvalue weighted by molar-refractivity contribution is 14.0. The minimum atomic E-state index is -0.0439. The molecule has 25 heavy (non-hydrogen) atoms. The van der Waals surface area contributed by atoms with Gasteiger partial charge in [0.15, 0.2) is 5.96 Å². The summed E-state index contributed by atoms with van der Waals surface area (Å²) in [4.78, 5) is 15.7. The highest BCUT2D eigenvalue weighted by atomic mass is 127. The zero-order valence-corrected chi connectivity index (χ0v) is 18.1. The number of ether oxygens (including phenoxy) is 1. The van der Waals surface area contributed by atoms with Crippen LogP contribution in [0.5, 0.6) is 5.75 Å². The van der Waals surface area contributed by atoms with Gasteiger partial charge in [0.05, 0.1) is 6.54 Å². The second-order valence-corrected chi connectivity index (χ2v) is 5.80. The lowest BCUT2D eigenvalue weighted by Gasteiger charge is -2.17. The molecule has 1 aromatic rings. The second kappa shape index (κ2) is 14.0. The molecule has 1 atom stereocenters. The van der Waals surface area contributed by atoms with Gasteiger partial charge in [-0.25, -0.2) is 0 Å². The van der Waals surface area contributed by atoms with Crippen molar-refractivity contribution < 1.29 is 9.53 Å². The van der Waals surface area contributed by atoms with Gasteiger partial charge in [0.2, 0.25) is 5.91 Å². The van der Waals surface area contributed by atoms with Crippen LogP contribution in [0.3, 0.4) is 0 Å². The summed E-state index contributed by atoms with van der Waals surface area (Å²) in [5.41, 5.74) is 0. The fourth-order valence-corrected chi connectivity index (χ4v) is 2.02. The Balaban J connectivity index is 0.00000576. The van der Waals surface area contributed by atoms with E-state index in [9.17, 15) is 4.79 Å². The van der Waals surface area contributed by atoms with Crippen LogP contribution in [-0.2, 0) is 4.79 Å². The topological polar surface area (TPSA) is 74.8 Å². The molecule has 0 radical (unpaired) electrons. The summed E-state index contributed by atoms with van der Waals surface area (Å²) in [5.74, 6) is 1.45. The maximum absolute atomic E-state index is 11.5. The van der Waals surface area contributed by atoms with Crippen molar-refractivity contribution in [3.05, 3.63) is 29.3 Å². The van der Waals surface area contributed by atoms with Gasteiger partial charge in [-0.05, 0) is 37.6 Å². The number of amides is 1. The van der Waals surface area contributed by atoms with Crippen molar-refractivity contribution in [2.24, 2.45) is 4.99 Å². The van der Waals surface area contributed by atoms with Crippen LogP contribution >= 0.6 is 35.6 Å². The third kappa shape index (κ3) is 11.1. The van der Waals surface area contributed by atoms with Crippen molar-refractivity contribution in [3.63, 3.8) is 0 Å². The molecule has 1 amide bonds. The van der Waals surface area contributed by atoms with Crippen LogP contribution in [0.4, 0.5) is 0 Å². The van der Waals surface area contributed by atoms with Crippen molar-refractivity contribution in [3.8, 4) is 5.75 Å². The first kappa shape index (κ1) is 23.8. The van der Waals surface area contributed by atoms with Gasteiger partial charge in [-0.3, -0.25) is 9.79 Å². The quantitative estimate of drug-likeness (QED) is 0.287. The number of nitrogens with one attached hydrogen (secondary N) is 3. The van der Waals surface area contributed by atoms with E-state index >= 15 is 0 Å². The summed E-state index contributed by atoms with van der Waals surface area (Å²) in [5, 5.41) is 9.80. The van der Waals surface area contributed by atoms with E-state index in [0.717, 1.165) is 12.2 Å². The summed E-state index contributed by atoms with van der Waals surface area (Å²) in [7, 11) is 1.69. The van der Waals surface area contributed by atoms with E-state index in [-0.39, 0.29) is 36.0 Å². The number of carbonyl (C=O) groups excluding carboxylic acids is 1. The molecule has 0 aliphatic heterocycles. The number of carbonyl (C=O) groups is 1. The molecule has 0 saturated carbocycles. The van der Waals surface area contributed by atoms with E-state index in [1.165, 1.54) is 0 Å². The van der Waals surface area contributed by atoms with Gasteiger partial charge in [0, 0.05) is 31.6 Å². The van der Waals surface area contributed by atoms with Gasteiger partial charge in [0.1, 0.15) is 11.9 Å². The standard InChI is InChI=1S/C17H27ClN4O2.HI/c1-4-10-20-16(23)9-11-21-17(19-3)22-12-13(2)24-15-7-5-14(18)6-8-15;/h5-8,13H,4,9-12H2,1-3H3,(H,20,23)(H2,19,21,22);1H. The van der Waals surface area contributed by atoms with Crippen molar-refractivity contribution in [2.75, 3.05) is 26.7 Å². The van der Waals surface area contributed by atoms with Crippen molar-refractivity contribution >= 4 is 47.4 Å². The largest absolute Gasteiger partial charge is 0.489 e. The molecule has 0 aromatic heterocycles. The highest BCUT2D eigenvalue weighted by Gasteiger charge is 2.06. The third-order valence-electron chi connectivity index (χ3n) is 3.15. The number of hydrogen-bond acceptors (Lipinski definition) is 3. The smallest absolute Gasteiger partial charge is 0.221 e. The number of nitrogens with zero attached hydrogens (tertiary/aromatic N) is 1. The van der Waals surface area contributed by atoms with Crippen LogP contribution in [0.15, 0.2) is 29.3 Å². The van der Waals surface area contributed by atoms with E-state index in [1.807, 2.05) is 26.0 Å². The molecule has 142 valence electrons. The summed E-state index contributed by atoms with van der Waals surface area (Å²) < 4.78 is 5.78. The number of halogens is 2. The average molecular weight is 483 g/mol. The van der Waals surface area contributed by atoms with Gasteiger partial charge >= 0.3 is 0 Å². The van der Waals surface area contributed by atoms with Crippen molar-refractivity contribution in [1.82, 2.24) is 16.0 Å². The minimum Gasteiger partial charge on any atom is -0.489 e. The molecule has 3 N–H and O–H groups in total. The monoisotopic (exact) mass is 482 g/mol. The fourth-order valence-electron chi connectivity index (χ4n) is 1.90. The van der Waals surface area contributed by atoms with Crippen LogP contribution < -0.4 is 20.7 Å². The first-order valence-corrected chi connectivity index (χ1v) is 8.56. The summed E-state index contributed by atoms with van der Waals surface area (Å²) >= 11 is 5.85. The summed E-state index contributed by atoms with van der Waals surface area (Å²) in [6, 6.07) is 7.25. The van der Waals surface area contributed by atoms with E-state index in [1.54, 1.807) is 19.2 Å². The first-order chi connectivity index (χ1) is 11.5. The lowest BCUT2D eigenvalue weighted by molar-refractivity contribution is -0.120. The van der Waals surface area contributed by atoms with Crippen LogP contribution in [0, 0.1) is 0 Å². The zero-order valence-electron chi connectivity index (χ0n) is 15.0. The van der Waals surface area contributed by atoms with Crippen molar-refractivity contribution in [1.29, 1.82) is 0 Å². The maximum atomic E-state index is 11.5. The highest BCUT2D eigenvalue weighted by Crippen LogP contribution is 2.16. The molecule has 0 spiro atoms. The number of hydrogen-bond donors (Lipinski definition) is 3. The van der Waals surface area contributed by atoms with Crippen LogP contribution in [0.2, 0.25) is 5.02 Å². The van der Waals surface area contributed by atoms with Crippen molar-refractivity contribution in [2.45, 2.75) is 32.8 Å². The Kier molecular flexibility index (Phi) is 13.3. The summed E-state index contributed by atoms with van der Waals surface area (Å²) in [6.45, 7) is 5.82. The molecule has 6 nitrogen and oxygen atoms in total. The third-order valence-corrected chi connectivity index (χ3v) is 3.40. The molecule has 0 aliphatic rings. The lowest BCUT2D eigenvalue weighted by Crippen LogP contribution is -2.43.